The quantitative estimate of drug-likeness (QED) is 0.714. The Labute approximate surface area is 122 Å². The maximum atomic E-state index is 11.8. The van der Waals surface area contributed by atoms with Crippen LogP contribution in [-0.2, 0) is 19.4 Å². The number of imidazole rings is 1. The summed E-state index contributed by atoms with van der Waals surface area (Å²) in [7, 11) is 1.85. The van der Waals surface area contributed by atoms with Gasteiger partial charge in [-0.3, -0.25) is 4.79 Å². The van der Waals surface area contributed by atoms with Crippen LogP contribution < -0.4 is 5.56 Å². The molecule has 0 atom stereocenters. The number of H-pyrrole nitrogens is 1. The van der Waals surface area contributed by atoms with Crippen LogP contribution in [0.15, 0.2) is 27.6 Å². The molecule has 3 heterocycles. The molecule has 3 aromatic heterocycles. The van der Waals surface area contributed by atoms with Gasteiger partial charge >= 0.3 is 0 Å². The number of aliphatic hydroxyl groups excluding tert-OH is 1. The molecule has 8 heteroatoms. The zero-order valence-corrected chi connectivity index (χ0v) is 12.3. The molecule has 0 bridgehead atoms. The predicted octanol–water partition coefficient (Wildman–Crippen LogP) is 1.50. The van der Waals surface area contributed by atoms with Gasteiger partial charge in [-0.25, -0.2) is 9.97 Å². The van der Waals surface area contributed by atoms with Crippen molar-refractivity contribution in [3.05, 3.63) is 39.5 Å². The zero-order chi connectivity index (χ0) is 14.1. The van der Waals surface area contributed by atoms with Crippen molar-refractivity contribution in [1.29, 1.82) is 0 Å². The molecule has 3 rings (SSSR count). The van der Waals surface area contributed by atoms with Crippen molar-refractivity contribution in [3.8, 4) is 0 Å². The predicted molar refractivity (Wildman–Crippen MR) is 78.9 cm³/mol. The average Bonchev–Trinajstić information content (AvgIpc) is 3.03. The minimum atomic E-state index is -0.100. The third kappa shape index (κ3) is 2.37. The lowest BCUT2D eigenvalue weighted by Gasteiger charge is -2.03. The van der Waals surface area contributed by atoms with Gasteiger partial charge in [-0.05, 0) is 11.4 Å². The van der Waals surface area contributed by atoms with Crippen LogP contribution in [-0.4, -0.2) is 24.6 Å². The third-order valence-corrected chi connectivity index (χ3v) is 4.86. The molecule has 0 aliphatic heterocycles. The molecule has 0 aromatic carbocycles. The van der Waals surface area contributed by atoms with Crippen LogP contribution in [0.25, 0.3) is 10.2 Å². The minimum Gasteiger partial charge on any atom is -0.390 e. The van der Waals surface area contributed by atoms with E-state index < -0.39 is 0 Å². The van der Waals surface area contributed by atoms with Crippen molar-refractivity contribution in [1.82, 2.24) is 19.5 Å². The fourth-order valence-electron chi connectivity index (χ4n) is 1.83. The Balaban J connectivity index is 1.82. The van der Waals surface area contributed by atoms with E-state index in [-0.39, 0.29) is 12.2 Å². The van der Waals surface area contributed by atoms with Gasteiger partial charge in [0.2, 0.25) is 0 Å². The molecule has 104 valence electrons. The van der Waals surface area contributed by atoms with Crippen molar-refractivity contribution < 1.29 is 5.11 Å². The van der Waals surface area contributed by atoms with Gasteiger partial charge in [-0.2, -0.15) is 0 Å². The summed E-state index contributed by atoms with van der Waals surface area (Å²) in [6.07, 6.45) is 1.64. The molecule has 0 aliphatic carbocycles. The molecule has 0 radical (unpaired) electrons. The van der Waals surface area contributed by atoms with Crippen LogP contribution in [0.3, 0.4) is 0 Å². The van der Waals surface area contributed by atoms with Crippen molar-refractivity contribution in [3.63, 3.8) is 0 Å². The number of aromatic nitrogens is 4. The number of thioether (sulfide) groups is 1. The smallest absolute Gasteiger partial charge is 0.268 e. The Morgan fingerprint density at radius 1 is 1.55 bits per heavy atom. The Bertz CT molecular complexity index is 805. The Morgan fingerprint density at radius 2 is 2.40 bits per heavy atom. The number of hydrogen-bond donors (Lipinski definition) is 2. The highest BCUT2D eigenvalue weighted by atomic mass is 32.2. The number of nitrogens with zero attached hydrogens (tertiary/aromatic N) is 3. The monoisotopic (exact) mass is 308 g/mol. The topological polar surface area (TPSA) is 83.8 Å². The molecule has 0 amide bonds. The van der Waals surface area contributed by atoms with Gasteiger partial charge in [0.05, 0.1) is 29.8 Å². The molecule has 3 aromatic rings. The van der Waals surface area contributed by atoms with Crippen LogP contribution in [0, 0.1) is 0 Å². The van der Waals surface area contributed by atoms with Gasteiger partial charge in [0.25, 0.3) is 5.56 Å². The van der Waals surface area contributed by atoms with Gasteiger partial charge < -0.3 is 14.7 Å². The number of aliphatic hydroxyl groups is 1. The number of nitrogens with one attached hydrogen (secondary N) is 1. The molecule has 2 N–H and O–H groups in total. The highest BCUT2D eigenvalue weighted by molar-refractivity contribution is 7.98. The molecule has 0 saturated heterocycles. The summed E-state index contributed by atoms with van der Waals surface area (Å²) in [6.45, 7) is -0.0417. The standard InChI is InChI=1S/C12H12N4O2S2/c1-16-7(5-17)4-13-12(16)20-6-9-14-8-2-3-19-10(8)11(18)15-9/h2-4,17H,5-6H2,1H3,(H,14,15,18). The van der Waals surface area contributed by atoms with E-state index in [4.69, 9.17) is 5.11 Å². The van der Waals surface area contributed by atoms with Crippen molar-refractivity contribution >= 4 is 33.3 Å². The molecular formula is C12H12N4O2S2. The summed E-state index contributed by atoms with van der Waals surface area (Å²) in [5.74, 6) is 1.15. The number of aromatic amines is 1. The molecular weight excluding hydrogens is 296 g/mol. The summed E-state index contributed by atoms with van der Waals surface area (Å²) in [4.78, 5) is 23.3. The highest BCUT2D eigenvalue weighted by Gasteiger charge is 2.09. The molecule has 0 aliphatic rings. The van der Waals surface area contributed by atoms with E-state index in [1.54, 1.807) is 6.20 Å². The van der Waals surface area contributed by atoms with E-state index >= 15 is 0 Å². The molecule has 20 heavy (non-hydrogen) atoms. The maximum Gasteiger partial charge on any atom is 0.268 e. The van der Waals surface area contributed by atoms with Crippen LogP contribution in [0.4, 0.5) is 0 Å². The average molecular weight is 308 g/mol. The van der Waals surface area contributed by atoms with Gasteiger partial charge in [-0.15, -0.1) is 11.3 Å². The lowest BCUT2D eigenvalue weighted by Crippen LogP contribution is -2.09. The third-order valence-electron chi connectivity index (χ3n) is 2.91. The highest BCUT2D eigenvalue weighted by Crippen LogP contribution is 2.21. The Hall–Kier alpha value is -1.64. The second-order valence-electron chi connectivity index (χ2n) is 4.19. The van der Waals surface area contributed by atoms with Crippen molar-refractivity contribution in [2.45, 2.75) is 17.5 Å². The summed E-state index contributed by atoms with van der Waals surface area (Å²) in [5.41, 5.74) is 1.38. The summed E-state index contributed by atoms with van der Waals surface area (Å²) >= 11 is 2.86. The number of thiophene rings is 1. The SMILES string of the molecule is Cn1c(CO)cnc1SCc1nc2ccsc2c(=O)[nH]1. The number of hydrogen-bond acceptors (Lipinski definition) is 6. The van der Waals surface area contributed by atoms with E-state index in [1.807, 2.05) is 23.1 Å². The zero-order valence-electron chi connectivity index (χ0n) is 10.7. The minimum absolute atomic E-state index is 0.0417. The molecule has 6 nitrogen and oxygen atoms in total. The van der Waals surface area contributed by atoms with Crippen LogP contribution in [0.2, 0.25) is 0 Å². The Kier molecular flexibility index (Phi) is 3.60. The Morgan fingerprint density at radius 3 is 3.15 bits per heavy atom. The molecule has 0 spiro atoms. The molecule has 0 unspecified atom stereocenters. The fourth-order valence-corrected chi connectivity index (χ4v) is 3.40. The summed E-state index contributed by atoms with van der Waals surface area (Å²) in [5, 5.41) is 11.8. The maximum absolute atomic E-state index is 11.8. The van der Waals surface area contributed by atoms with Crippen LogP contribution in [0.5, 0.6) is 0 Å². The van der Waals surface area contributed by atoms with Gasteiger partial charge in [0.1, 0.15) is 10.5 Å². The second kappa shape index (κ2) is 5.39. The van der Waals surface area contributed by atoms with Gasteiger partial charge in [-0.1, -0.05) is 11.8 Å². The molecule has 0 fully saturated rings. The normalized spacial score (nSPS) is 11.3. The van der Waals surface area contributed by atoms with Crippen molar-refractivity contribution in [2.75, 3.05) is 0 Å². The van der Waals surface area contributed by atoms with E-state index in [0.717, 1.165) is 16.4 Å². The van der Waals surface area contributed by atoms with Crippen LogP contribution in [0.1, 0.15) is 11.5 Å². The molecule has 0 saturated carbocycles. The van der Waals surface area contributed by atoms with Crippen molar-refractivity contribution in [2.24, 2.45) is 7.05 Å². The second-order valence-corrected chi connectivity index (χ2v) is 6.04. The van der Waals surface area contributed by atoms with E-state index in [1.165, 1.54) is 23.1 Å². The first-order valence-electron chi connectivity index (χ1n) is 5.89. The van der Waals surface area contributed by atoms with E-state index in [0.29, 0.717) is 16.3 Å². The van der Waals surface area contributed by atoms with E-state index in [2.05, 4.69) is 15.0 Å². The first-order chi connectivity index (χ1) is 9.69. The largest absolute Gasteiger partial charge is 0.390 e. The van der Waals surface area contributed by atoms with Crippen LogP contribution >= 0.6 is 23.1 Å². The first-order valence-corrected chi connectivity index (χ1v) is 7.76. The van der Waals surface area contributed by atoms with Gasteiger partial charge in [0, 0.05) is 7.05 Å². The van der Waals surface area contributed by atoms with E-state index in [9.17, 15) is 4.79 Å². The number of fused-ring (bicyclic) bond motifs is 1. The lowest BCUT2D eigenvalue weighted by molar-refractivity contribution is 0.271. The summed E-state index contributed by atoms with van der Waals surface area (Å²) < 4.78 is 2.48. The lowest BCUT2D eigenvalue weighted by atomic mass is 10.4. The fraction of sp³-hybridized carbons (Fsp3) is 0.250. The summed E-state index contributed by atoms with van der Waals surface area (Å²) in [6, 6.07) is 1.84. The number of rotatable bonds is 4. The first kappa shape index (κ1) is 13.3. The van der Waals surface area contributed by atoms with Gasteiger partial charge in [0.15, 0.2) is 5.16 Å².